The lowest BCUT2D eigenvalue weighted by atomic mass is 10.2. The van der Waals surface area contributed by atoms with E-state index in [1.54, 1.807) is 37.4 Å². The Balaban J connectivity index is 1.48. The van der Waals surface area contributed by atoms with Crippen molar-refractivity contribution in [2.24, 2.45) is 5.10 Å². The number of carbonyl (C=O) groups excluding carboxylic acids is 2. The average molecular weight is 568 g/mol. The van der Waals surface area contributed by atoms with Crippen molar-refractivity contribution in [3.8, 4) is 17.2 Å². The van der Waals surface area contributed by atoms with Crippen LogP contribution in [0.1, 0.15) is 36.5 Å². The van der Waals surface area contributed by atoms with Crippen LogP contribution in [0.3, 0.4) is 0 Å². The summed E-state index contributed by atoms with van der Waals surface area (Å²) in [7, 11) is 1.56. The molecule has 3 aromatic rings. The van der Waals surface area contributed by atoms with Crippen molar-refractivity contribution < 1.29 is 23.8 Å². The first kappa shape index (κ1) is 27.7. The summed E-state index contributed by atoms with van der Waals surface area (Å²) in [6.45, 7) is 4.90. The first-order valence-electron chi connectivity index (χ1n) is 11.8. The van der Waals surface area contributed by atoms with Gasteiger partial charge in [-0.25, -0.2) is 5.43 Å². The number of aryl methyl sites for hydroxylation is 1. The van der Waals surface area contributed by atoms with Crippen molar-refractivity contribution >= 4 is 39.6 Å². The van der Waals surface area contributed by atoms with E-state index in [0.29, 0.717) is 40.4 Å². The highest BCUT2D eigenvalue weighted by atomic mass is 79.9. The van der Waals surface area contributed by atoms with Crippen LogP contribution in [-0.2, 0) is 16.2 Å². The number of carbonyl (C=O) groups is 2. The van der Waals surface area contributed by atoms with Gasteiger partial charge in [0.25, 0.3) is 0 Å². The van der Waals surface area contributed by atoms with Crippen LogP contribution in [0.5, 0.6) is 17.2 Å². The summed E-state index contributed by atoms with van der Waals surface area (Å²) in [4.78, 5) is 24.2. The second kappa shape index (κ2) is 14.0. The molecule has 0 saturated heterocycles. The third-order valence-electron chi connectivity index (χ3n) is 5.19. The van der Waals surface area contributed by atoms with E-state index in [9.17, 15) is 9.59 Å². The molecule has 0 fully saturated rings. The quantitative estimate of drug-likeness (QED) is 0.219. The molecule has 0 saturated carbocycles. The summed E-state index contributed by atoms with van der Waals surface area (Å²) in [6.07, 6.45) is 1.52. The summed E-state index contributed by atoms with van der Waals surface area (Å²) >= 11 is 3.52. The fraction of sp³-hybridized carbons (Fsp3) is 0.250. The zero-order valence-corrected chi connectivity index (χ0v) is 22.6. The van der Waals surface area contributed by atoms with Crippen LogP contribution in [0.4, 0.5) is 5.69 Å². The standard InChI is InChI=1S/C28H30BrN3O5/c1-4-36-23-11-9-22(10-12-23)31-26(33)13-14-27(34)32-30-17-21-15-24(29)28(25(16-21)35-3)37-18-20-7-5-19(2)6-8-20/h5-12,15-17H,4,13-14,18H2,1-3H3,(H,31,33)(H,32,34). The summed E-state index contributed by atoms with van der Waals surface area (Å²) in [5.41, 5.74) is 6.00. The van der Waals surface area contributed by atoms with E-state index < -0.39 is 0 Å². The summed E-state index contributed by atoms with van der Waals surface area (Å²) in [5.74, 6) is 1.19. The number of amides is 2. The van der Waals surface area contributed by atoms with Crippen LogP contribution in [0.2, 0.25) is 0 Å². The third-order valence-corrected chi connectivity index (χ3v) is 5.78. The number of hydrazone groups is 1. The monoisotopic (exact) mass is 567 g/mol. The van der Waals surface area contributed by atoms with Crippen LogP contribution >= 0.6 is 15.9 Å². The molecule has 2 amide bonds. The Labute approximate surface area is 225 Å². The van der Waals surface area contributed by atoms with Gasteiger partial charge in [-0.3, -0.25) is 9.59 Å². The predicted octanol–water partition coefficient (Wildman–Crippen LogP) is 5.61. The minimum Gasteiger partial charge on any atom is -0.494 e. The molecule has 0 aliphatic rings. The molecular formula is C28H30BrN3O5. The van der Waals surface area contributed by atoms with Crippen LogP contribution in [-0.4, -0.2) is 31.7 Å². The number of methoxy groups -OCH3 is 1. The Kier molecular flexibility index (Phi) is 10.5. The molecule has 0 unspecified atom stereocenters. The molecule has 0 aromatic heterocycles. The number of benzene rings is 3. The molecule has 3 rings (SSSR count). The van der Waals surface area contributed by atoms with E-state index >= 15 is 0 Å². The van der Waals surface area contributed by atoms with Crippen LogP contribution < -0.4 is 25.0 Å². The zero-order valence-electron chi connectivity index (χ0n) is 21.0. The number of rotatable bonds is 12. The molecule has 0 aliphatic carbocycles. The van der Waals surface area contributed by atoms with Gasteiger partial charge in [-0.1, -0.05) is 29.8 Å². The molecule has 9 heteroatoms. The summed E-state index contributed by atoms with van der Waals surface area (Å²) in [6, 6.07) is 18.7. The Morgan fingerprint density at radius 2 is 1.68 bits per heavy atom. The number of nitrogens with zero attached hydrogens (tertiary/aromatic N) is 1. The van der Waals surface area contributed by atoms with Gasteiger partial charge in [0, 0.05) is 18.5 Å². The van der Waals surface area contributed by atoms with E-state index in [1.165, 1.54) is 11.8 Å². The Morgan fingerprint density at radius 3 is 2.35 bits per heavy atom. The highest BCUT2D eigenvalue weighted by Crippen LogP contribution is 2.36. The number of anilines is 1. The molecule has 0 aliphatic heterocycles. The lowest BCUT2D eigenvalue weighted by Gasteiger charge is -2.13. The first-order chi connectivity index (χ1) is 17.9. The van der Waals surface area contributed by atoms with Crippen molar-refractivity contribution in [1.82, 2.24) is 5.43 Å². The van der Waals surface area contributed by atoms with Gasteiger partial charge >= 0.3 is 0 Å². The SMILES string of the molecule is CCOc1ccc(NC(=O)CCC(=O)NN=Cc2cc(Br)c(OCc3ccc(C)cc3)c(OC)c2)cc1. The highest BCUT2D eigenvalue weighted by molar-refractivity contribution is 9.10. The fourth-order valence-electron chi connectivity index (χ4n) is 3.28. The maximum atomic E-state index is 12.1. The predicted molar refractivity (Wildman–Crippen MR) is 147 cm³/mol. The van der Waals surface area contributed by atoms with Gasteiger partial charge in [-0.2, -0.15) is 5.10 Å². The van der Waals surface area contributed by atoms with Crippen LogP contribution in [0.15, 0.2) is 70.2 Å². The average Bonchev–Trinajstić information content (AvgIpc) is 2.89. The van der Waals surface area contributed by atoms with Gasteiger partial charge < -0.3 is 19.5 Å². The molecule has 0 spiro atoms. The number of nitrogens with one attached hydrogen (secondary N) is 2. The van der Waals surface area contributed by atoms with E-state index in [1.807, 2.05) is 44.2 Å². The van der Waals surface area contributed by atoms with Gasteiger partial charge in [-0.15, -0.1) is 0 Å². The zero-order chi connectivity index (χ0) is 26.6. The Hall–Kier alpha value is -3.85. The molecule has 194 valence electrons. The summed E-state index contributed by atoms with van der Waals surface area (Å²) in [5, 5.41) is 6.74. The lowest BCUT2D eigenvalue weighted by molar-refractivity contribution is -0.124. The van der Waals surface area contributed by atoms with Crippen LogP contribution in [0, 0.1) is 6.92 Å². The topological polar surface area (TPSA) is 98.2 Å². The molecule has 8 nitrogen and oxygen atoms in total. The summed E-state index contributed by atoms with van der Waals surface area (Å²) < 4.78 is 17.5. The maximum Gasteiger partial charge on any atom is 0.240 e. The lowest BCUT2D eigenvalue weighted by Crippen LogP contribution is -2.20. The van der Waals surface area contributed by atoms with Gasteiger partial charge in [0.2, 0.25) is 11.8 Å². The minimum atomic E-state index is -0.373. The first-order valence-corrected chi connectivity index (χ1v) is 12.6. The van der Waals surface area contributed by atoms with Gasteiger partial charge in [0.1, 0.15) is 12.4 Å². The molecule has 0 heterocycles. The highest BCUT2D eigenvalue weighted by Gasteiger charge is 2.12. The van der Waals surface area contributed by atoms with E-state index in [0.717, 1.165) is 11.3 Å². The smallest absolute Gasteiger partial charge is 0.240 e. The van der Waals surface area contributed by atoms with Crippen molar-refractivity contribution in [1.29, 1.82) is 0 Å². The fourth-order valence-corrected chi connectivity index (χ4v) is 3.85. The molecule has 0 bridgehead atoms. The van der Waals surface area contributed by atoms with E-state index in [-0.39, 0.29) is 24.7 Å². The third kappa shape index (κ3) is 8.95. The second-order valence-corrected chi connectivity index (χ2v) is 8.96. The molecule has 0 radical (unpaired) electrons. The van der Waals surface area contributed by atoms with E-state index in [4.69, 9.17) is 14.2 Å². The number of hydrogen-bond donors (Lipinski definition) is 2. The number of ether oxygens (including phenoxy) is 3. The van der Waals surface area contributed by atoms with Crippen molar-refractivity contribution in [2.75, 3.05) is 19.0 Å². The molecular weight excluding hydrogens is 538 g/mol. The van der Waals surface area contributed by atoms with Gasteiger partial charge in [0.05, 0.1) is 24.4 Å². The molecule has 3 aromatic carbocycles. The number of halogens is 1. The second-order valence-electron chi connectivity index (χ2n) is 8.11. The minimum absolute atomic E-state index is 0.000985. The van der Waals surface area contributed by atoms with Crippen molar-refractivity contribution in [3.63, 3.8) is 0 Å². The van der Waals surface area contributed by atoms with Gasteiger partial charge in [0.15, 0.2) is 11.5 Å². The largest absolute Gasteiger partial charge is 0.494 e. The van der Waals surface area contributed by atoms with Crippen LogP contribution in [0.25, 0.3) is 0 Å². The van der Waals surface area contributed by atoms with Crippen molar-refractivity contribution in [3.05, 3.63) is 81.8 Å². The Bertz CT molecular complexity index is 1230. The molecule has 2 N–H and O–H groups in total. The van der Waals surface area contributed by atoms with Gasteiger partial charge in [-0.05, 0) is 77.3 Å². The van der Waals surface area contributed by atoms with Crippen molar-refractivity contribution in [2.45, 2.75) is 33.3 Å². The Morgan fingerprint density at radius 1 is 0.973 bits per heavy atom. The molecule has 0 atom stereocenters. The normalized spacial score (nSPS) is 10.7. The van der Waals surface area contributed by atoms with E-state index in [2.05, 4.69) is 31.8 Å². The molecule has 37 heavy (non-hydrogen) atoms. The number of hydrogen-bond acceptors (Lipinski definition) is 6. The maximum absolute atomic E-state index is 12.1.